The van der Waals surface area contributed by atoms with Crippen molar-refractivity contribution in [2.45, 2.75) is 13.3 Å². The van der Waals surface area contributed by atoms with Gasteiger partial charge in [-0.15, -0.1) is 0 Å². The van der Waals surface area contributed by atoms with Gasteiger partial charge in [0.1, 0.15) is 11.3 Å². The highest BCUT2D eigenvalue weighted by atomic mass is 35.5. The second-order valence-electron chi connectivity index (χ2n) is 6.64. The van der Waals surface area contributed by atoms with Gasteiger partial charge < -0.3 is 24.6 Å². The number of hydrogen-bond donors (Lipinski definition) is 1. The molecule has 1 N–H and O–H groups in total. The molecule has 1 saturated heterocycles. The summed E-state index contributed by atoms with van der Waals surface area (Å²) in [6.45, 7) is 5.57. The number of anilines is 2. The van der Waals surface area contributed by atoms with E-state index < -0.39 is 0 Å². The third-order valence-electron chi connectivity index (χ3n) is 4.76. The van der Waals surface area contributed by atoms with Crippen molar-refractivity contribution in [1.29, 1.82) is 0 Å². The number of carbonyl (C=O) groups excluding carboxylic acids is 1. The van der Waals surface area contributed by atoms with Crippen LogP contribution in [0.1, 0.15) is 23.7 Å². The van der Waals surface area contributed by atoms with Crippen molar-refractivity contribution < 1.29 is 14.3 Å². The van der Waals surface area contributed by atoms with E-state index in [2.05, 4.69) is 25.1 Å². The Labute approximate surface area is 175 Å². The number of methoxy groups -OCH3 is 2. The Balaban J connectivity index is 1.71. The van der Waals surface area contributed by atoms with Crippen molar-refractivity contribution in [2.24, 2.45) is 0 Å². The Hall–Kier alpha value is -2.74. The van der Waals surface area contributed by atoms with Gasteiger partial charge in [-0.1, -0.05) is 18.5 Å². The van der Waals surface area contributed by atoms with Gasteiger partial charge in [-0.2, -0.15) is 4.98 Å². The number of amides is 1. The normalized spacial score (nSPS) is 13.9. The molecule has 156 valence electrons. The van der Waals surface area contributed by atoms with Crippen LogP contribution < -0.4 is 24.6 Å². The molecular weight excluding hydrogens is 394 g/mol. The number of carbonyl (C=O) groups is 1. The third-order valence-corrected chi connectivity index (χ3v) is 4.99. The predicted molar refractivity (Wildman–Crippen MR) is 114 cm³/mol. The molecule has 9 heteroatoms. The number of nitrogens with zero attached hydrogens (tertiary/aromatic N) is 4. The lowest BCUT2D eigenvalue weighted by Gasteiger charge is -2.36. The van der Waals surface area contributed by atoms with Crippen LogP contribution in [0.25, 0.3) is 0 Å². The summed E-state index contributed by atoms with van der Waals surface area (Å²) in [5.74, 6) is 1.39. The molecule has 1 aromatic carbocycles. The summed E-state index contributed by atoms with van der Waals surface area (Å²) in [5, 5.41) is 3.49. The molecule has 0 atom stereocenters. The molecule has 0 spiro atoms. The summed E-state index contributed by atoms with van der Waals surface area (Å²) in [7, 11) is 3.16. The van der Waals surface area contributed by atoms with E-state index in [-0.39, 0.29) is 11.8 Å². The van der Waals surface area contributed by atoms with Crippen molar-refractivity contribution in [3.8, 4) is 11.6 Å². The van der Waals surface area contributed by atoms with Gasteiger partial charge in [-0.3, -0.25) is 4.79 Å². The Bertz CT molecular complexity index is 856. The first kappa shape index (κ1) is 21.0. The first-order chi connectivity index (χ1) is 14.1. The zero-order valence-electron chi connectivity index (χ0n) is 16.9. The van der Waals surface area contributed by atoms with Crippen LogP contribution in [0.4, 0.5) is 11.6 Å². The minimum atomic E-state index is -0.229. The van der Waals surface area contributed by atoms with Crippen LogP contribution >= 0.6 is 11.6 Å². The SMILES string of the molecule is CCCNC(=O)c1cnc(N2CCN(c3cc(Cl)ccc3OC)CC2)nc1OC. The Morgan fingerprint density at radius 3 is 2.55 bits per heavy atom. The first-order valence-electron chi connectivity index (χ1n) is 9.60. The maximum absolute atomic E-state index is 12.2. The van der Waals surface area contributed by atoms with Crippen LogP contribution in [0.2, 0.25) is 5.02 Å². The quantitative estimate of drug-likeness (QED) is 0.738. The Morgan fingerprint density at radius 1 is 1.17 bits per heavy atom. The van der Waals surface area contributed by atoms with Crippen LogP contribution in [0.3, 0.4) is 0 Å². The number of aromatic nitrogens is 2. The summed E-state index contributed by atoms with van der Waals surface area (Å²) in [4.78, 5) is 25.4. The fourth-order valence-electron chi connectivity index (χ4n) is 3.21. The molecule has 1 aromatic heterocycles. The lowest BCUT2D eigenvalue weighted by atomic mass is 10.2. The van der Waals surface area contributed by atoms with Gasteiger partial charge in [0.05, 0.1) is 19.9 Å². The second kappa shape index (κ2) is 9.65. The molecule has 1 aliphatic heterocycles. The van der Waals surface area contributed by atoms with Crippen molar-refractivity contribution in [1.82, 2.24) is 15.3 Å². The molecule has 0 radical (unpaired) electrons. The summed E-state index contributed by atoms with van der Waals surface area (Å²) < 4.78 is 10.8. The molecule has 0 saturated carbocycles. The third kappa shape index (κ3) is 4.82. The molecule has 8 nitrogen and oxygen atoms in total. The molecule has 1 amide bonds. The number of nitrogens with one attached hydrogen (secondary N) is 1. The van der Waals surface area contributed by atoms with Gasteiger partial charge in [0.2, 0.25) is 11.8 Å². The molecule has 3 rings (SSSR count). The standard InChI is InChI=1S/C20H26ClN5O3/c1-4-7-22-18(27)15-13-23-20(24-19(15)29-3)26-10-8-25(9-11-26)16-12-14(21)5-6-17(16)28-2/h5-6,12-13H,4,7-11H2,1-3H3,(H,22,27). The molecule has 2 aromatic rings. The van der Waals surface area contributed by atoms with Gasteiger partial charge in [-0.05, 0) is 24.6 Å². The molecule has 0 aliphatic carbocycles. The zero-order chi connectivity index (χ0) is 20.8. The Morgan fingerprint density at radius 2 is 1.90 bits per heavy atom. The van der Waals surface area contributed by atoms with Crippen LogP contribution in [-0.4, -0.2) is 62.8 Å². The van der Waals surface area contributed by atoms with Crippen molar-refractivity contribution in [2.75, 3.05) is 56.7 Å². The number of piperazine rings is 1. The van der Waals surface area contributed by atoms with Crippen LogP contribution in [-0.2, 0) is 0 Å². The van der Waals surface area contributed by atoms with Gasteiger partial charge in [0, 0.05) is 43.9 Å². The van der Waals surface area contributed by atoms with Crippen molar-refractivity contribution in [3.63, 3.8) is 0 Å². The number of rotatable bonds is 7. The largest absolute Gasteiger partial charge is 0.495 e. The fourth-order valence-corrected chi connectivity index (χ4v) is 3.38. The molecule has 0 bridgehead atoms. The maximum Gasteiger partial charge on any atom is 0.258 e. The lowest BCUT2D eigenvalue weighted by molar-refractivity contribution is 0.0949. The van der Waals surface area contributed by atoms with Gasteiger partial charge >= 0.3 is 0 Å². The minimum Gasteiger partial charge on any atom is -0.495 e. The lowest BCUT2D eigenvalue weighted by Crippen LogP contribution is -2.47. The second-order valence-corrected chi connectivity index (χ2v) is 7.08. The summed E-state index contributed by atoms with van der Waals surface area (Å²) >= 11 is 6.16. The Kier molecular flexibility index (Phi) is 6.98. The molecule has 1 aliphatic rings. The van der Waals surface area contributed by atoms with E-state index >= 15 is 0 Å². The van der Waals surface area contributed by atoms with E-state index in [1.807, 2.05) is 25.1 Å². The molecule has 29 heavy (non-hydrogen) atoms. The average Bonchev–Trinajstić information content (AvgIpc) is 2.77. The minimum absolute atomic E-state index is 0.229. The van der Waals surface area contributed by atoms with Crippen molar-refractivity contribution in [3.05, 3.63) is 35.0 Å². The molecular formula is C20H26ClN5O3. The summed E-state index contributed by atoms with van der Waals surface area (Å²) in [6, 6.07) is 5.61. The van der Waals surface area contributed by atoms with Gasteiger partial charge in [0.25, 0.3) is 5.91 Å². The van der Waals surface area contributed by atoms with E-state index in [0.717, 1.165) is 44.0 Å². The van der Waals surface area contributed by atoms with Crippen LogP contribution in [0, 0.1) is 0 Å². The highest BCUT2D eigenvalue weighted by molar-refractivity contribution is 6.30. The number of halogens is 1. The number of ether oxygens (including phenoxy) is 2. The molecule has 0 unspecified atom stereocenters. The molecule has 1 fully saturated rings. The topological polar surface area (TPSA) is 79.8 Å². The molecule has 2 heterocycles. The summed E-state index contributed by atoms with van der Waals surface area (Å²) in [6.07, 6.45) is 2.38. The first-order valence-corrected chi connectivity index (χ1v) is 9.97. The highest BCUT2D eigenvalue weighted by Crippen LogP contribution is 2.32. The van der Waals surface area contributed by atoms with E-state index in [1.165, 1.54) is 13.3 Å². The van der Waals surface area contributed by atoms with E-state index in [1.54, 1.807) is 7.11 Å². The van der Waals surface area contributed by atoms with E-state index in [0.29, 0.717) is 23.1 Å². The van der Waals surface area contributed by atoms with Crippen molar-refractivity contribution >= 4 is 29.1 Å². The van der Waals surface area contributed by atoms with E-state index in [4.69, 9.17) is 21.1 Å². The fraction of sp³-hybridized carbons (Fsp3) is 0.450. The van der Waals surface area contributed by atoms with E-state index in [9.17, 15) is 4.79 Å². The predicted octanol–water partition coefficient (Wildman–Crippen LogP) is 2.61. The summed E-state index contributed by atoms with van der Waals surface area (Å²) in [5.41, 5.74) is 1.31. The number of hydrogen-bond acceptors (Lipinski definition) is 7. The highest BCUT2D eigenvalue weighted by Gasteiger charge is 2.23. The van der Waals surface area contributed by atoms with Gasteiger partial charge in [0.15, 0.2) is 0 Å². The average molecular weight is 420 g/mol. The van der Waals surface area contributed by atoms with Gasteiger partial charge in [-0.25, -0.2) is 4.98 Å². The monoisotopic (exact) mass is 419 g/mol. The van der Waals surface area contributed by atoms with Crippen LogP contribution in [0.5, 0.6) is 11.6 Å². The smallest absolute Gasteiger partial charge is 0.258 e. The van der Waals surface area contributed by atoms with Crippen LogP contribution in [0.15, 0.2) is 24.4 Å². The maximum atomic E-state index is 12.2. The zero-order valence-corrected chi connectivity index (χ0v) is 17.7. The number of benzene rings is 1.